The number of nitrogens with one attached hydrogen (secondary N) is 2. The topological polar surface area (TPSA) is 124 Å². The van der Waals surface area contributed by atoms with Crippen molar-refractivity contribution < 1.29 is 14.8 Å². The molecule has 0 radical (unpaired) electrons. The first kappa shape index (κ1) is 14.1. The lowest BCUT2D eigenvalue weighted by Crippen LogP contribution is -2.29. The van der Waals surface area contributed by atoms with E-state index in [0.29, 0.717) is 11.0 Å². The van der Waals surface area contributed by atoms with Gasteiger partial charge in [0.05, 0.1) is 0 Å². The Labute approximate surface area is 108 Å². The molecular formula is C8H9BClN5O3. The largest absolute Gasteiger partial charge is 0.488 e. The number of hydrogen-bond donors (Lipinski definition) is 4. The van der Waals surface area contributed by atoms with Crippen LogP contribution in [0.15, 0.2) is 24.3 Å². The highest BCUT2D eigenvalue weighted by Crippen LogP contribution is 2.01. The Morgan fingerprint density at radius 2 is 1.94 bits per heavy atom. The van der Waals surface area contributed by atoms with Crippen molar-refractivity contribution in [3.05, 3.63) is 29.8 Å². The van der Waals surface area contributed by atoms with E-state index in [1.165, 1.54) is 24.3 Å². The fourth-order valence-corrected chi connectivity index (χ4v) is 1.20. The Balaban J connectivity index is 0.00000162. The second-order valence-electron chi connectivity index (χ2n) is 3.20. The molecule has 4 N–H and O–H groups in total. The first-order valence-electron chi connectivity index (χ1n) is 4.68. The molecule has 0 atom stereocenters. The average Bonchev–Trinajstić information content (AvgIpc) is 2.82. The van der Waals surface area contributed by atoms with Gasteiger partial charge >= 0.3 is 7.12 Å². The number of carbonyl (C=O) groups is 1. The Morgan fingerprint density at radius 1 is 1.28 bits per heavy atom. The van der Waals surface area contributed by atoms with Crippen molar-refractivity contribution in [3.63, 3.8) is 0 Å². The monoisotopic (exact) mass is 269 g/mol. The number of carbonyl (C=O) groups excluding carboxylic acids is 1. The van der Waals surface area contributed by atoms with Gasteiger partial charge < -0.3 is 10.0 Å². The highest BCUT2D eigenvalue weighted by Gasteiger charge is 2.12. The zero-order valence-corrected chi connectivity index (χ0v) is 9.76. The van der Waals surface area contributed by atoms with E-state index in [0.717, 1.165) is 0 Å². The fourth-order valence-electron chi connectivity index (χ4n) is 1.20. The molecule has 0 saturated carbocycles. The maximum atomic E-state index is 11.6. The fraction of sp³-hybridized carbons (Fsp3) is 0. The summed E-state index contributed by atoms with van der Waals surface area (Å²) in [6, 6.07) is 5.82. The van der Waals surface area contributed by atoms with Crippen LogP contribution >= 0.6 is 12.4 Å². The third kappa shape index (κ3) is 3.26. The summed E-state index contributed by atoms with van der Waals surface area (Å²) in [5.41, 5.74) is 0.661. The van der Waals surface area contributed by atoms with Crippen LogP contribution in [0.25, 0.3) is 0 Å². The summed E-state index contributed by atoms with van der Waals surface area (Å²) in [6.45, 7) is 0. The standard InChI is InChI=1S/C8H8BN5O3.ClH/c15-7(10-8-11-13-14-12-8)5-1-3-6(4-2-5)9(16)17;/h1-4,16-17H,(H2,10,11,12,13,14,15);1H. The van der Waals surface area contributed by atoms with Crippen molar-refractivity contribution in [2.24, 2.45) is 0 Å². The van der Waals surface area contributed by atoms with Crippen LogP contribution in [-0.2, 0) is 0 Å². The lowest BCUT2D eigenvalue weighted by atomic mass is 9.80. The zero-order chi connectivity index (χ0) is 12.3. The number of hydrogen-bond acceptors (Lipinski definition) is 6. The van der Waals surface area contributed by atoms with E-state index in [4.69, 9.17) is 10.0 Å². The average molecular weight is 269 g/mol. The number of tetrazole rings is 1. The predicted octanol–water partition coefficient (Wildman–Crippen LogP) is -1.45. The van der Waals surface area contributed by atoms with Crippen LogP contribution in [-0.4, -0.2) is 43.7 Å². The van der Waals surface area contributed by atoms with Crippen LogP contribution in [0.2, 0.25) is 0 Å². The van der Waals surface area contributed by atoms with Gasteiger partial charge in [-0.15, -0.1) is 12.4 Å². The number of aromatic nitrogens is 4. The van der Waals surface area contributed by atoms with Gasteiger partial charge in [-0.3, -0.25) is 10.1 Å². The lowest BCUT2D eigenvalue weighted by molar-refractivity contribution is 0.102. The van der Waals surface area contributed by atoms with E-state index in [1.54, 1.807) is 0 Å². The number of halogens is 1. The summed E-state index contributed by atoms with van der Waals surface area (Å²) in [5.74, 6) is -0.260. The van der Waals surface area contributed by atoms with Gasteiger partial charge in [0, 0.05) is 5.56 Å². The minimum atomic E-state index is -1.55. The zero-order valence-electron chi connectivity index (χ0n) is 8.94. The van der Waals surface area contributed by atoms with E-state index < -0.39 is 13.0 Å². The minimum absolute atomic E-state index is 0. The molecule has 1 amide bonds. The van der Waals surface area contributed by atoms with Crippen molar-refractivity contribution in [3.8, 4) is 0 Å². The smallest absolute Gasteiger partial charge is 0.423 e. The molecule has 0 aliphatic heterocycles. The molecule has 8 nitrogen and oxygen atoms in total. The summed E-state index contributed by atoms with van der Waals surface area (Å²) < 4.78 is 0. The van der Waals surface area contributed by atoms with E-state index in [1.807, 2.05) is 0 Å². The van der Waals surface area contributed by atoms with Crippen LogP contribution in [0.3, 0.4) is 0 Å². The quantitative estimate of drug-likeness (QED) is 0.506. The molecule has 0 spiro atoms. The summed E-state index contributed by atoms with van der Waals surface area (Å²) in [4.78, 5) is 11.6. The number of benzene rings is 1. The normalized spacial score (nSPS) is 9.44. The molecule has 1 heterocycles. The van der Waals surface area contributed by atoms with Gasteiger partial charge in [-0.1, -0.05) is 17.2 Å². The highest BCUT2D eigenvalue weighted by atomic mass is 35.5. The molecule has 0 aliphatic rings. The van der Waals surface area contributed by atoms with E-state index >= 15 is 0 Å². The van der Waals surface area contributed by atoms with Crippen molar-refractivity contribution in [1.29, 1.82) is 0 Å². The molecule has 1 aromatic carbocycles. The molecule has 2 aromatic rings. The van der Waals surface area contributed by atoms with Gasteiger partial charge in [0.1, 0.15) is 0 Å². The number of aromatic amines is 1. The lowest BCUT2D eigenvalue weighted by Gasteiger charge is -2.02. The molecule has 2 rings (SSSR count). The van der Waals surface area contributed by atoms with Gasteiger partial charge in [0.2, 0.25) is 5.95 Å². The van der Waals surface area contributed by atoms with Gasteiger partial charge in [0.15, 0.2) is 0 Å². The number of nitrogens with zero attached hydrogens (tertiary/aromatic N) is 3. The first-order valence-corrected chi connectivity index (χ1v) is 4.68. The van der Waals surface area contributed by atoms with Crippen LogP contribution in [0.5, 0.6) is 0 Å². The van der Waals surface area contributed by atoms with Gasteiger partial charge in [0.25, 0.3) is 5.91 Å². The molecule has 0 saturated heterocycles. The van der Waals surface area contributed by atoms with E-state index in [-0.39, 0.29) is 18.4 Å². The molecule has 94 valence electrons. The Hall–Kier alpha value is -1.97. The number of anilines is 1. The Morgan fingerprint density at radius 3 is 2.44 bits per heavy atom. The number of rotatable bonds is 3. The predicted molar refractivity (Wildman–Crippen MR) is 65.6 cm³/mol. The van der Waals surface area contributed by atoms with Crippen LogP contribution in [0.4, 0.5) is 5.95 Å². The maximum Gasteiger partial charge on any atom is 0.488 e. The molecule has 1 aromatic heterocycles. The minimum Gasteiger partial charge on any atom is -0.423 e. The number of H-pyrrole nitrogens is 1. The maximum absolute atomic E-state index is 11.6. The van der Waals surface area contributed by atoms with Gasteiger partial charge in [-0.2, -0.15) is 0 Å². The Bertz CT molecular complexity index is 504. The molecular weight excluding hydrogens is 260 g/mol. The van der Waals surface area contributed by atoms with Crippen molar-refractivity contribution in [1.82, 2.24) is 20.6 Å². The molecule has 10 heteroatoms. The van der Waals surface area contributed by atoms with Crippen molar-refractivity contribution in [2.75, 3.05) is 5.32 Å². The van der Waals surface area contributed by atoms with Gasteiger partial charge in [-0.25, -0.2) is 5.10 Å². The van der Waals surface area contributed by atoms with Crippen molar-refractivity contribution in [2.45, 2.75) is 0 Å². The molecule has 0 aliphatic carbocycles. The highest BCUT2D eigenvalue weighted by molar-refractivity contribution is 6.58. The summed E-state index contributed by atoms with van der Waals surface area (Å²) in [6.07, 6.45) is 0. The number of amides is 1. The summed E-state index contributed by atoms with van der Waals surface area (Å²) >= 11 is 0. The third-order valence-electron chi connectivity index (χ3n) is 2.05. The molecule has 18 heavy (non-hydrogen) atoms. The SMILES string of the molecule is Cl.O=C(Nc1nnn[nH]1)c1ccc(B(O)O)cc1. The second kappa shape index (κ2) is 6.10. The van der Waals surface area contributed by atoms with Gasteiger partial charge in [-0.05, 0) is 28.0 Å². The molecule has 0 unspecified atom stereocenters. The third-order valence-corrected chi connectivity index (χ3v) is 2.05. The van der Waals surface area contributed by atoms with E-state index in [2.05, 4.69) is 25.9 Å². The van der Waals surface area contributed by atoms with Crippen molar-refractivity contribution >= 4 is 36.8 Å². The van der Waals surface area contributed by atoms with Crippen LogP contribution in [0.1, 0.15) is 10.4 Å². The van der Waals surface area contributed by atoms with Crippen LogP contribution in [0, 0.1) is 0 Å². The second-order valence-corrected chi connectivity index (χ2v) is 3.20. The Kier molecular flexibility index (Phi) is 4.78. The molecule has 0 fully saturated rings. The van der Waals surface area contributed by atoms with E-state index in [9.17, 15) is 4.79 Å². The van der Waals surface area contributed by atoms with Crippen LogP contribution < -0.4 is 10.8 Å². The first-order chi connectivity index (χ1) is 8.16. The summed E-state index contributed by atoms with van der Waals surface area (Å²) in [5, 5.41) is 32.7. The molecule has 0 bridgehead atoms. The summed E-state index contributed by atoms with van der Waals surface area (Å²) in [7, 11) is -1.55.